The van der Waals surface area contributed by atoms with Crippen LogP contribution < -0.4 is 4.74 Å². The summed E-state index contributed by atoms with van der Waals surface area (Å²) in [6.07, 6.45) is 0. The first kappa shape index (κ1) is 15.1. The lowest BCUT2D eigenvalue weighted by atomic mass is 10.3. The van der Waals surface area contributed by atoms with Crippen LogP contribution in [0.4, 0.5) is 0 Å². The molecule has 1 aromatic heterocycles. The van der Waals surface area contributed by atoms with Crippen molar-refractivity contribution in [1.82, 2.24) is 9.80 Å². The second-order valence-corrected chi connectivity index (χ2v) is 5.26. The van der Waals surface area contributed by atoms with Gasteiger partial charge in [-0.25, -0.2) is 0 Å². The second-order valence-electron chi connectivity index (χ2n) is 5.26. The molecule has 1 fully saturated rings. The number of rotatable bonds is 4. The number of furan rings is 1. The highest BCUT2D eigenvalue weighted by molar-refractivity contribution is 5.91. The Labute approximate surface area is 134 Å². The van der Waals surface area contributed by atoms with E-state index in [0.29, 0.717) is 44.4 Å². The van der Waals surface area contributed by atoms with Gasteiger partial charge in [-0.2, -0.15) is 5.26 Å². The molecular formula is C17H17N3O3. The molecule has 1 saturated heterocycles. The predicted octanol–water partition coefficient (Wildman–Crippen LogP) is 2.35. The molecule has 23 heavy (non-hydrogen) atoms. The lowest BCUT2D eigenvalue weighted by Gasteiger charge is -2.32. The minimum Gasteiger partial charge on any atom is -0.426 e. The van der Waals surface area contributed by atoms with Crippen LogP contribution in [0, 0.1) is 11.3 Å². The van der Waals surface area contributed by atoms with Gasteiger partial charge in [-0.3, -0.25) is 9.69 Å². The molecule has 0 aliphatic carbocycles. The van der Waals surface area contributed by atoms with Crippen molar-refractivity contribution < 1.29 is 13.9 Å². The van der Waals surface area contributed by atoms with Crippen molar-refractivity contribution in [3.8, 4) is 17.8 Å². The SMILES string of the molecule is N#CCN1CCN(C(=O)c2ccc(Oc3ccccc3)o2)CC1. The molecule has 0 N–H and O–H groups in total. The van der Waals surface area contributed by atoms with E-state index in [-0.39, 0.29) is 11.7 Å². The van der Waals surface area contributed by atoms with E-state index in [4.69, 9.17) is 14.4 Å². The third kappa shape index (κ3) is 3.71. The molecule has 118 valence electrons. The Morgan fingerprint density at radius 2 is 1.87 bits per heavy atom. The number of benzene rings is 1. The highest BCUT2D eigenvalue weighted by Crippen LogP contribution is 2.24. The number of nitriles is 1. The maximum absolute atomic E-state index is 12.4. The van der Waals surface area contributed by atoms with Gasteiger partial charge in [-0.1, -0.05) is 18.2 Å². The number of amides is 1. The number of hydrogen-bond acceptors (Lipinski definition) is 5. The van der Waals surface area contributed by atoms with Gasteiger partial charge < -0.3 is 14.1 Å². The molecule has 2 heterocycles. The van der Waals surface area contributed by atoms with Gasteiger partial charge in [0.25, 0.3) is 11.9 Å². The summed E-state index contributed by atoms with van der Waals surface area (Å²) in [6, 6.07) is 14.7. The van der Waals surface area contributed by atoms with Gasteiger partial charge >= 0.3 is 0 Å². The molecule has 3 rings (SSSR count). The summed E-state index contributed by atoms with van der Waals surface area (Å²) < 4.78 is 11.1. The molecule has 0 spiro atoms. The van der Waals surface area contributed by atoms with Crippen LogP contribution in [0.25, 0.3) is 0 Å². The fourth-order valence-corrected chi connectivity index (χ4v) is 2.46. The van der Waals surface area contributed by atoms with Crippen LogP contribution >= 0.6 is 0 Å². The molecule has 1 aliphatic heterocycles. The van der Waals surface area contributed by atoms with Crippen molar-refractivity contribution >= 4 is 5.91 Å². The molecule has 0 bridgehead atoms. The Balaban J connectivity index is 1.60. The summed E-state index contributed by atoms with van der Waals surface area (Å²) in [7, 11) is 0. The van der Waals surface area contributed by atoms with Crippen LogP contribution in [0.2, 0.25) is 0 Å². The Bertz CT molecular complexity index is 697. The zero-order chi connectivity index (χ0) is 16.1. The quantitative estimate of drug-likeness (QED) is 0.811. The fraction of sp³-hybridized carbons (Fsp3) is 0.294. The van der Waals surface area contributed by atoms with Gasteiger partial charge in [0, 0.05) is 32.2 Å². The normalized spacial score (nSPS) is 15.2. The number of carbonyl (C=O) groups excluding carboxylic acids is 1. The molecule has 6 nitrogen and oxygen atoms in total. The van der Waals surface area contributed by atoms with E-state index in [0.717, 1.165) is 0 Å². The molecule has 1 amide bonds. The number of hydrogen-bond donors (Lipinski definition) is 0. The Kier molecular flexibility index (Phi) is 4.60. The molecule has 1 aliphatic rings. The molecular weight excluding hydrogens is 294 g/mol. The van der Waals surface area contributed by atoms with Gasteiger partial charge in [-0.15, -0.1) is 0 Å². The second kappa shape index (κ2) is 6.99. The maximum atomic E-state index is 12.4. The summed E-state index contributed by atoms with van der Waals surface area (Å²) in [5, 5.41) is 8.69. The molecule has 0 unspecified atom stereocenters. The molecule has 2 aromatic rings. The molecule has 1 aromatic carbocycles. The molecule has 0 atom stereocenters. The van der Waals surface area contributed by atoms with Crippen molar-refractivity contribution in [1.29, 1.82) is 5.26 Å². The number of carbonyl (C=O) groups is 1. The Hall–Kier alpha value is -2.78. The third-order valence-corrected chi connectivity index (χ3v) is 3.71. The van der Waals surface area contributed by atoms with Crippen LogP contribution in [0.15, 0.2) is 46.9 Å². The monoisotopic (exact) mass is 311 g/mol. The minimum atomic E-state index is -0.149. The lowest BCUT2D eigenvalue weighted by Crippen LogP contribution is -2.48. The van der Waals surface area contributed by atoms with Crippen molar-refractivity contribution in [2.75, 3.05) is 32.7 Å². The summed E-state index contributed by atoms with van der Waals surface area (Å²) in [4.78, 5) is 16.2. The minimum absolute atomic E-state index is 0.149. The number of para-hydroxylation sites is 1. The summed E-state index contributed by atoms with van der Waals surface area (Å²) >= 11 is 0. The van der Waals surface area contributed by atoms with Crippen LogP contribution in [-0.2, 0) is 0 Å². The zero-order valence-corrected chi connectivity index (χ0v) is 12.6. The molecule has 6 heteroatoms. The summed E-state index contributed by atoms with van der Waals surface area (Å²) in [5.74, 6) is 1.07. The number of ether oxygens (including phenoxy) is 1. The van der Waals surface area contributed by atoms with Crippen LogP contribution in [0.3, 0.4) is 0 Å². The van der Waals surface area contributed by atoms with Crippen LogP contribution in [-0.4, -0.2) is 48.4 Å². The van der Waals surface area contributed by atoms with E-state index >= 15 is 0 Å². The Morgan fingerprint density at radius 1 is 1.13 bits per heavy atom. The summed E-state index contributed by atoms with van der Waals surface area (Å²) in [5.41, 5.74) is 0. The molecule has 0 saturated carbocycles. The van der Waals surface area contributed by atoms with Crippen molar-refractivity contribution in [3.63, 3.8) is 0 Å². The average Bonchev–Trinajstić information content (AvgIpc) is 3.05. The van der Waals surface area contributed by atoms with Crippen molar-refractivity contribution in [2.45, 2.75) is 0 Å². The molecule has 0 radical (unpaired) electrons. The van der Waals surface area contributed by atoms with Gasteiger partial charge in [0.15, 0.2) is 5.76 Å². The van der Waals surface area contributed by atoms with Crippen LogP contribution in [0.1, 0.15) is 10.6 Å². The largest absolute Gasteiger partial charge is 0.426 e. The van der Waals surface area contributed by atoms with E-state index in [2.05, 4.69) is 6.07 Å². The summed E-state index contributed by atoms with van der Waals surface area (Å²) in [6.45, 7) is 2.99. The highest BCUT2D eigenvalue weighted by atomic mass is 16.6. The van der Waals surface area contributed by atoms with Gasteiger partial charge in [0.05, 0.1) is 12.6 Å². The zero-order valence-electron chi connectivity index (χ0n) is 12.6. The number of piperazine rings is 1. The van der Waals surface area contributed by atoms with Crippen molar-refractivity contribution in [2.24, 2.45) is 0 Å². The van der Waals surface area contributed by atoms with Gasteiger partial charge in [0.1, 0.15) is 5.75 Å². The van der Waals surface area contributed by atoms with E-state index in [1.807, 2.05) is 35.2 Å². The van der Waals surface area contributed by atoms with E-state index in [9.17, 15) is 4.79 Å². The average molecular weight is 311 g/mol. The van der Waals surface area contributed by atoms with E-state index in [1.54, 1.807) is 17.0 Å². The lowest BCUT2D eigenvalue weighted by molar-refractivity contribution is 0.0616. The first-order valence-electron chi connectivity index (χ1n) is 7.47. The maximum Gasteiger partial charge on any atom is 0.290 e. The highest BCUT2D eigenvalue weighted by Gasteiger charge is 2.24. The van der Waals surface area contributed by atoms with Gasteiger partial charge in [0.2, 0.25) is 0 Å². The standard InChI is InChI=1S/C17H17N3O3/c18-8-9-19-10-12-20(13-11-19)17(21)15-6-7-16(23-15)22-14-4-2-1-3-5-14/h1-7H,9-13H2. The van der Waals surface area contributed by atoms with Gasteiger partial charge in [-0.05, 0) is 18.2 Å². The van der Waals surface area contributed by atoms with Crippen LogP contribution in [0.5, 0.6) is 11.7 Å². The predicted molar refractivity (Wildman–Crippen MR) is 83.2 cm³/mol. The van der Waals surface area contributed by atoms with E-state index in [1.165, 1.54) is 0 Å². The third-order valence-electron chi connectivity index (χ3n) is 3.71. The fourth-order valence-electron chi connectivity index (χ4n) is 2.46. The first-order chi connectivity index (χ1) is 11.3. The number of nitrogens with zero attached hydrogens (tertiary/aromatic N) is 3. The van der Waals surface area contributed by atoms with E-state index < -0.39 is 0 Å². The Morgan fingerprint density at radius 3 is 2.57 bits per heavy atom. The first-order valence-corrected chi connectivity index (χ1v) is 7.47. The topological polar surface area (TPSA) is 69.7 Å². The van der Waals surface area contributed by atoms with Crippen molar-refractivity contribution in [3.05, 3.63) is 48.2 Å². The smallest absolute Gasteiger partial charge is 0.290 e.